The van der Waals surface area contributed by atoms with Crippen LogP contribution in [0.5, 0.6) is 5.75 Å². The zero-order valence-corrected chi connectivity index (χ0v) is 14.3. The van der Waals surface area contributed by atoms with Gasteiger partial charge in [-0.15, -0.1) is 0 Å². The van der Waals surface area contributed by atoms with Crippen LogP contribution in [0, 0.1) is 0 Å². The highest BCUT2D eigenvalue weighted by Crippen LogP contribution is 2.25. The molecule has 2 rings (SSSR count). The SMILES string of the molecule is CCN/C(=C\C(=S)c1ccc(OC)cc1)Sc1ccccc1. The van der Waals surface area contributed by atoms with Crippen molar-refractivity contribution in [3.8, 4) is 5.75 Å². The molecule has 0 saturated heterocycles. The van der Waals surface area contributed by atoms with Gasteiger partial charge in [0.15, 0.2) is 0 Å². The minimum Gasteiger partial charge on any atom is -0.497 e. The lowest BCUT2D eigenvalue weighted by molar-refractivity contribution is 0.415. The summed E-state index contributed by atoms with van der Waals surface area (Å²) >= 11 is 7.22. The van der Waals surface area contributed by atoms with E-state index in [4.69, 9.17) is 17.0 Å². The number of thioether (sulfide) groups is 1. The van der Waals surface area contributed by atoms with Crippen molar-refractivity contribution in [3.63, 3.8) is 0 Å². The predicted molar refractivity (Wildman–Crippen MR) is 98.8 cm³/mol. The lowest BCUT2D eigenvalue weighted by Crippen LogP contribution is -2.11. The Bertz CT molecular complexity index is 636. The third-order valence-electron chi connectivity index (χ3n) is 2.96. The maximum Gasteiger partial charge on any atom is 0.118 e. The summed E-state index contributed by atoms with van der Waals surface area (Å²) in [5, 5.41) is 4.42. The van der Waals surface area contributed by atoms with Crippen LogP contribution in [0.2, 0.25) is 0 Å². The fourth-order valence-electron chi connectivity index (χ4n) is 1.86. The number of nitrogens with one attached hydrogen (secondary N) is 1. The third kappa shape index (κ3) is 4.90. The zero-order chi connectivity index (χ0) is 15.8. The van der Waals surface area contributed by atoms with E-state index in [1.165, 1.54) is 4.90 Å². The van der Waals surface area contributed by atoms with Crippen molar-refractivity contribution in [2.75, 3.05) is 13.7 Å². The third-order valence-corrected chi connectivity index (χ3v) is 4.30. The molecule has 2 aromatic rings. The summed E-state index contributed by atoms with van der Waals surface area (Å²) in [7, 11) is 1.66. The molecule has 0 aliphatic heterocycles. The highest BCUT2D eigenvalue weighted by atomic mass is 32.2. The van der Waals surface area contributed by atoms with Crippen molar-refractivity contribution in [3.05, 3.63) is 71.3 Å². The first-order valence-electron chi connectivity index (χ1n) is 7.09. The fourth-order valence-corrected chi connectivity index (χ4v) is 3.13. The van der Waals surface area contributed by atoms with Gasteiger partial charge in [0.25, 0.3) is 0 Å². The molecule has 0 fully saturated rings. The summed E-state index contributed by atoms with van der Waals surface area (Å²) in [5.74, 6) is 0.834. The maximum absolute atomic E-state index is 5.54. The Morgan fingerprint density at radius 1 is 1.14 bits per heavy atom. The molecule has 0 saturated carbocycles. The van der Waals surface area contributed by atoms with Crippen molar-refractivity contribution < 1.29 is 4.74 Å². The topological polar surface area (TPSA) is 21.3 Å². The van der Waals surface area contributed by atoms with E-state index in [0.29, 0.717) is 0 Å². The minimum atomic E-state index is 0.807. The van der Waals surface area contributed by atoms with Crippen LogP contribution in [-0.2, 0) is 0 Å². The van der Waals surface area contributed by atoms with Gasteiger partial charge in [-0.05, 0) is 55.0 Å². The maximum atomic E-state index is 5.54. The van der Waals surface area contributed by atoms with Gasteiger partial charge in [-0.1, -0.05) is 42.2 Å². The van der Waals surface area contributed by atoms with Crippen LogP contribution in [0.4, 0.5) is 0 Å². The number of rotatable bonds is 7. The molecule has 2 aromatic carbocycles. The summed E-state index contributed by atoms with van der Waals surface area (Å²) in [6.45, 7) is 2.94. The first-order valence-corrected chi connectivity index (χ1v) is 8.32. The summed E-state index contributed by atoms with van der Waals surface area (Å²) in [5.41, 5.74) is 1.01. The molecule has 0 bridgehead atoms. The summed E-state index contributed by atoms with van der Waals surface area (Å²) < 4.78 is 5.17. The van der Waals surface area contributed by atoms with Gasteiger partial charge in [-0.25, -0.2) is 0 Å². The monoisotopic (exact) mass is 329 g/mol. The number of thiocarbonyl (C=S) groups is 1. The smallest absolute Gasteiger partial charge is 0.118 e. The molecule has 0 heterocycles. The lowest BCUT2D eigenvalue weighted by Gasteiger charge is -2.10. The Morgan fingerprint density at radius 3 is 2.41 bits per heavy atom. The average molecular weight is 329 g/mol. The standard InChI is InChI=1S/C18H19NOS2/c1-3-19-18(22-16-7-5-4-6-8-16)13-17(21)14-9-11-15(20-2)12-10-14/h4-13,19H,3H2,1-2H3/b18-13+. The Hall–Kier alpha value is -1.78. The van der Waals surface area contributed by atoms with Gasteiger partial charge in [0.2, 0.25) is 0 Å². The Morgan fingerprint density at radius 2 is 1.82 bits per heavy atom. The predicted octanol–water partition coefficient (Wildman–Crippen LogP) is 4.66. The van der Waals surface area contributed by atoms with E-state index < -0.39 is 0 Å². The highest BCUT2D eigenvalue weighted by Gasteiger charge is 2.04. The largest absolute Gasteiger partial charge is 0.497 e. The first kappa shape index (κ1) is 16.6. The highest BCUT2D eigenvalue weighted by molar-refractivity contribution is 8.03. The Balaban J connectivity index is 2.15. The van der Waals surface area contributed by atoms with Crippen LogP contribution in [0.25, 0.3) is 0 Å². The van der Waals surface area contributed by atoms with Crippen LogP contribution in [0.3, 0.4) is 0 Å². The molecule has 4 heteroatoms. The summed E-state index contributed by atoms with van der Waals surface area (Å²) in [6, 6.07) is 18.1. The van der Waals surface area contributed by atoms with Crippen molar-refractivity contribution in [1.29, 1.82) is 0 Å². The van der Waals surface area contributed by atoms with Crippen LogP contribution in [0.1, 0.15) is 12.5 Å². The average Bonchev–Trinajstić information content (AvgIpc) is 2.56. The molecule has 0 aliphatic carbocycles. The van der Waals surface area contributed by atoms with Gasteiger partial charge >= 0.3 is 0 Å². The first-order chi connectivity index (χ1) is 10.7. The second-order valence-electron chi connectivity index (χ2n) is 4.55. The molecule has 0 unspecified atom stereocenters. The number of methoxy groups -OCH3 is 1. The van der Waals surface area contributed by atoms with Gasteiger partial charge < -0.3 is 10.1 Å². The van der Waals surface area contributed by atoms with Crippen LogP contribution >= 0.6 is 24.0 Å². The Kier molecular flexibility index (Phi) is 6.49. The lowest BCUT2D eigenvalue weighted by atomic mass is 10.1. The van der Waals surface area contributed by atoms with E-state index in [1.807, 2.05) is 48.5 Å². The molecular formula is C18H19NOS2. The van der Waals surface area contributed by atoms with Gasteiger partial charge in [-0.3, -0.25) is 0 Å². The molecule has 0 aliphatic rings. The van der Waals surface area contributed by atoms with Gasteiger partial charge in [0.05, 0.1) is 12.1 Å². The van der Waals surface area contributed by atoms with E-state index in [2.05, 4.69) is 24.4 Å². The molecule has 0 aromatic heterocycles. The quantitative estimate of drug-likeness (QED) is 0.345. The van der Waals surface area contributed by atoms with Gasteiger partial charge in [-0.2, -0.15) is 0 Å². The molecular weight excluding hydrogens is 310 g/mol. The van der Waals surface area contributed by atoms with Crippen molar-refractivity contribution in [2.24, 2.45) is 0 Å². The molecule has 22 heavy (non-hydrogen) atoms. The molecule has 0 amide bonds. The molecule has 0 atom stereocenters. The van der Waals surface area contributed by atoms with Gasteiger partial charge in [0, 0.05) is 16.3 Å². The van der Waals surface area contributed by atoms with Gasteiger partial charge in [0.1, 0.15) is 5.75 Å². The molecule has 2 nitrogen and oxygen atoms in total. The van der Waals surface area contributed by atoms with Crippen molar-refractivity contribution in [2.45, 2.75) is 11.8 Å². The molecule has 1 N–H and O–H groups in total. The second kappa shape index (κ2) is 8.61. The van der Waals surface area contributed by atoms with Crippen LogP contribution in [0.15, 0.2) is 70.6 Å². The molecule has 0 spiro atoms. The fraction of sp³-hybridized carbons (Fsp3) is 0.167. The number of benzene rings is 2. The minimum absolute atomic E-state index is 0.807. The second-order valence-corrected chi connectivity index (χ2v) is 6.10. The van der Waals surface area contributed by atoms with Crippen LogP contribution in [-0.4, -0.2) is 18.5 Å². The van der Waals surface area contributed by atoms with Crippen LogP contribution < -0.4 is 10.1 Å². The molecule has 114 valence electrons. The Labute approximate surface area is 141 Å². The number of ether oxygens (including phenoxy) is 1. The van der Waals surface area contributed by atoms with E-state index >= 15 is 0 Å². The summed E-state index contributed by atoms with van der Waals surface area (Å²) in [4.78, 5) is 1.99. The van der Waals surface area contributed by atoms with E-state index in [1.54, 1.807) is 18.9 Å². The summed E-state index contributed by atoms with van der Waals surface area (Å²) in [6.07, 6.45) is 2.01. The van der Waals surface area contributed by atoms with E-state index in [-0.39, 0.29) is 0 Å². The number of hydrogen-bond acceptors (Lipinski definition) is 4. The van der Waals surface area contributed by atoms with Crippen molar-refractivity contribution in [1.82, 2.24) is 5.32 Å². The molecule has 0 radical (unpaired) electrons. The van der Waals surface area contributed by atoms with E-state index in [0.717, 1.165) is 27.8 Å². The normalized spacial score (nSPS) is 11.1. The van der Waals surface area contributed by atoms with Crippen molar-refractivity contribution >= 4 is 28.8 Å². The van der Waals surface area contributed by atoms with E-state index in [9.17, 15) is 0 Å². The number of allylic oxidation sites excluding steroid dienone is 1. The zero-order valence-electron chi connectivity index (χ0n) is 12.7. The number of hydrogen-bond donors (Lipinski definition) is 1.